The van der Waals surface area contributed by atoms with E-state index in [0.717, 1.165) is 28.7 Å². The van der Waals surface area contributed by atoms with Crippen LogP contribution in [0, 0.1) is 10.1 Å². The van der Waals surface area contributed by atoms with E-state index >= 15 is 0 Å². The summed E-state index contributed by atoms with van der Waals surface area (Å²) in [4.78, 5) is 35.1. The molecule has 9 heteroatoms. The zero-order chi connectivity index (χ0) is 25.1. The number of benzene rings is 3. The van der Waals surface area contributed by atoms with Gasteiger partial charge in [0.05, 0.1) is 11.0 Å². The van der Waals surface area contributed by atoms with Crippen molar-refractivity contribution in [1.82, 2.24) is 5.32 Å². The number of nitro benzene ring substituents is 1. The minimum Gasteiger partial charge on any atom is -0.449 e. The standard InChI is InChI=1S/C27H24N2O7/c30-26(34-16-23-21-8-3-1-6-19(21)20-7-2-4-9-22(20)23)28-24-10-5-11-25(24)36-27(31)35-18-14-12-17(13-15-18)29(32)33/h1-4,6-9,12-15,23-25H,5,10-11,16H2,(H,28,30)/t24-,25-/m0/s1. The first-order valence-corrected chi connectivity index (χ1v) is 11.7. The summed E-state index contributed by atoms with van der Waals surface area (Å²) in [6.07, 6.45) is -0.0834. The van der Waals surface area contributed by atoms with Gasteiger partial charge < -0.3 is 19.5 Å². The SMILES string of the molecule is O=C(N[C@H]1CCC[C@@H]1OC(=O)Oc1ccc([N+](=O)[O-])cc1)OCC1c2ccccc2-c2ccccc21. The number of alkyl carbamates (subject to hydrolysis) is 1. The van der Waals surface area contributed by atoms with Gasteiger partial charge in [0.25, 0.3) is 5.69 Å². The lowest BCUT2D eigenvalue weighted by atomic mass is 9.98. The summed E-state index contributed by atoms with van der Waals surface area (Å²) in [6, 6.07) is 20.9. The first-order valence-electron chi connectivity index (χ1n) is 11.7. The number of carbonyl (C=O) groups is 2. The van der Waals surface area contributed by atoms with Gasteiger partial charge >= 0.3 is 12.2 Å². The molecule has 3 aromatic carbocycles. The van der Waals surface area contributed by atoms with Crippen molar-refractivity contribution in [3.63, 3.8) is 0 Å². The molecule has 2 aliphatic carbocycles. The monoisotopic (exact) mass is 488 g/mol. The molecule has 0 saturated heterocycles. The van der Waals surface area contributed by atoms with E-state index in [9.17, 15) is 19.7 Å². The summed E-state index contributed by atoms with van der Waals surface area (Å²) in [5.74, 6) is 0.0834. The van der Waals surface area contributed by atoms with Crippen LogP contribution >= 0.6 is 0 Å². The molecule has 1 fully saturated rings. The highest BCUT2D eigenvalue weighted by atomic mass is 16.7. The molecule has 2 aliphatic rings. The summed E-state index contributed by atoms with van der Waals surface area (Å²) >= 11 is 0. The first-order chi connectivity index (χ1) is 17.5. The van der Waals surface area contributed by atoms with Crippen LogP contribution in [0.15, 0.2) is 72.8 Å². The van der Waals surface area contributed by atoms with E-state index in [-0.39, 0.29) is 24.0 Å². The van der Waals surface area contributed by atoms with Crippen LogP contribution in [0.1, 0.15) is 36.3 Å². The topological polar surface area (TPSA) is 117 Å². The summed E-state index contributed by atoms with van der Waals surface area (Å²) in [7, 11) is 0. The van der Waals surface area contributed by atoms with Crippen LogP contribution in [-0.2, 0) is 9.47 Å². The molecule has 36 heavy (non-hydrogen) atoms. The van der Waals surface area contributed by atoms with Gasteiger partial charge in [-0.25, -0.2) is 9.59 Å². The number of rotatable bonds is 6. The van der Waals surface area contributed by atoms with E-state index in [1.165, 1.54) is 24.3 Å². The number of nitrogens with zero attached hydrogens (tertiary/aromatic N) is 1. The number of fused-ring (bicyclic) bond motifs is 3. The van der Waals surface area contributed by atoms with Gasteiger partial charge in [0.1, 0.15) is 18.5 Å². The Morgan fingerprint density at radius 1 is 0.917 bits per heavy atom. The Morgan fingerprint density at radius 2 is 1.56 bits per heavy atom. The molecule has 1 saturated carbocycles. The molecule has 0 spiro atoms. The fourth-order valence-corrected chi connectivity index (χ4v) is 4.90. The number of non-ortho nitro benzene ring substituents is 1. The third-order valence-corrected chi connectivity index (χ3v) is 6.60. The molecule has 184 valence electrons. The van der Waals surface area contributed by atoms with Gasteiger partial charge in [-0.15, -0.1) is 0 Å². The van der Waals surface area contributed by atoms with Crippen LogP contribution in [0.3, 0.4) is 0 Å². The summed E-state index contributed by atoms with van der Waals surface area (Å²) in [5, 5.41) is 13.6. The minimum atomic E-state index is -0.935. The molecule has 0 unspecified atom stereocenters. The minimum absolute atomic E-state index is 0.0459. The second kappa shape index (κ2) is 10.1. The molecule has 0 aromatic heterocycles. The predicted molar refractivity (Wildman–Crippen MR) is 130 cm³/mol. The average molecular weight is 488 g/mol. The Labute approximate surface area is 207 Å². The third kappa shape index (κ3) is 4.86. The second-order valence-corrected chi connectivity index (χ2v) is 8.77. The van der Waals surface area contributed by atoms with Gasteiger partial charge in [0, 0.05) is 18.1 Å². The number of amides is 1. The van der Waals surface area contributed by atoms with E-state index in [2.05, 4.69) is 29.6 Å². The van der Waals surface area contributed by atoms with Gasteiger partial charge in [0.2, 0.25) is 0 Å². The molecule has 0 aliphatic heterocycles. The van der Waals surface area contributed by atoms with Crippen molar-refractivity contribution in [3.05, 3.63) is 94.0 Å². The molecular formula is C27H24N2O7. The van der Waals surface area contributed by atoms with E-state index in [1.807, 2.05) is 24.3 Å². The largest absolute Gasteiger partial charge is 0.514 e. The smallest absolute Gasteiger partial charge is 0.449 e. The lowest BCUT2D eigenvalue weighted by molar-refractivity contribution is -0.384. The molecule has 0 heterocycles. The molecule has 2 atom stereocenters. The summed E-state index contributed by atoms with van der Waals surface area (Å²) in [6.45, 7) is 0.195. The Kier molecular flexibility index (Phi) is 6.53. The van der Waals surface area contributed by atoms with Crippen LogP contribution in [0.25, 0.3) is 11.1 Å². The molecule has 1 N–H and O–H groups in total. The number of nitrogens with one attached hydrogen (secondary N) is 1. The highest BCUT2D eigenvalue weighted by Gasteiger charge is 2.34. The Bertz CT molecular complexity index is 1250. The van der Waals surface area contributed by atoms with Crippen LogP contribution < -0.4 is 10.1 Å². The molecule has 0 radical (unpaired) electrons. The molecule has 5 rings (SSSR count). The molecule has 1 amide bonds. The van der Waals surface area contributed by atoms with Crippen molar-refractivity contribution in [2.24, 2.45) is 0 Å². The van der Waals surface area contributed by atoms with E-state index in [0.29, 0.717) is 12.8 Å². The Morgan fingerprint density at radius 3 is 2.19 bits per heavy atom. The Balaban J connectivity index is 1.15. The highest BCUT2D eigenvalue weighted by molar-refractivity contribution is 5.79. The van der Waals surface area contributed by atoms with Crippen LogP contribution in [0.4, 0.5) is 15.3 Å². The Hall–Kier alpha value is -4.40. The maximum atomic E-state index is 12.6. The van der Waals surface area contributed by atoms with Crippen LogP contribution in [0.2, 0.25) is 0 Å². The zero-order valence-electron chi connectivity index (χ0n) is 19.3. The number of carbonyl (C=O) groups excluding carboxylic acids is 2. The number of nitro groups is 1. The lowest BCUT2D eigenvalue weighted by Gasteiger charge is -2.21. The van der Waals surface area contributed by atoms with Crippen LogP contribution in [0.5, 0.6) is 5.75 Å². The van der Waals surface area contributed by atoms with E-state index in [4.69, 9.17) is 14.2 Å². The lowest BCUT2D eigenvalue weighted by Crippen LogP contribution is -2.42. The van der Waals surface area contributed by atoms with Gasteiger partial charge in [0.15, 0.2) is 0 Å². The van der Waals surface area contributed by atoms with Gasteiger partial charge in [-0.1, -0.05) is 48.5 Å². The van der Waals surface area contributed by atoms with Crippen molar-refractivity contribution >= 4 is 17.9 Å². The van der Waals surface area contributed by atoms with E-state index in [1.54, 1.807) is 0 Å². The highest BCUT2D eigenvalue weighted by Crippen LogP contribution is 2.44. The number of ether oxygens (including phenoxy) is 3. The van der Waals surface area contributed by atoms with Gasteiger partial charge in [-0.05, 0) is 53.6 Å². The van der Waals surface area contributed by atoms with Crippen molar-refractivity contribution in [2.75, 3.05) is 6.61 Å². The van der Waals surface area contributed by atoms with Gasteiger partial charge in [-0.2, -0.15) is 0 Å². The average Bonchev–Trinajstić information content (AvgIpc) is 3.44. The first kappa shape index (κ1) is 23.3. The summed E-state index contributed by atoms with van der Waals surface area (Å²) < 4.78 is 16.1. The molecular weight excluding hydrogens is 464 g/mol. The number of hydrogen-bond acceptors (Lipinski definition) is 7. The number of hydrogen-bond donors (Lipinski definition) is 1. The summed E-state index contributed by atoms with van der Waals surface area (Å²) in [5.41, 5.74) is 4.44. The fourth-order valence-electron chi connectivity index (χ4n) is 4.90. The maximum Gasteiger partial charge on any atom is 0.514 e. The van der Waals surface area contributed by atoms with Crippen molar-refractivity contribution in [1.29, 1.82) is 0 Å². The fraction of sp³-hybridized carbons (Fsp3) is 0.259. The normalized spacial score (nSPS) is 18.1. The maximum absolute atomic E-state index is 12.6. The quantitative estimate of drug-likeness (QED) is 0.209. The third-order valence-electron chi connectivity index (χ3n) is 6.60. The second-order valence-electron chi connectivity index (χ2n) is 8.77. The van der Waals surface area contributed by atoms with Crippen molar-refractivity contribution in [2.45, 2.75) is 37.3 Å². The van der Waals surface area contributed by atoms with E-state index < -0.39 is 29.3 Å². The molecule has 9 nitrogen and oxygen atoms in total. The van der Waals surface area contributed by atoms with Gasteiger partial charge in [-0.3, -0.25) is 10.1 Å². The van der Waals surface area contributed by atoms with Crippen LogP contribution in [-0.4, -0.2) is 35.9 Å². The van der Waals surface area contributed by atoms with Crippen molar-refractivity contribution < 1.29 is 28.7 Å². The zero-order valence-corrected chi connectivity index (χ0v) is 19.3. The van der Waals surface area contributed by atoms with Crippen molar-refractivity contribution in [3.8, 4) is 16.9 Å². The predicted octanol–water partition coefficient (Wildman–Crippen LogP) is 5.57. The molecule has 0 bridgehead atoms. The molecule has 3 aromatic rings.